The predicted molar refractivity (Wildman–Crippen MR) is 67.7 cm³/mol. The van der Waals surface area contributed by atoms with E-state index in [-0.39, 0.29) is 11.4 Å². The lowest BCUT2D eigenvalue weighted by Crippen LogP contribution is -2.13. The molecular formula is C12H18N2O2S. The van der Waals surface area contributed by atoms with E-state index < -0.39 is 0 Å². The van der Waals surface area contributed by atoms with E-state index in [1.807, 2.05) is 35.9 Å². The van der Waals surface area contributed by atoms with Crippen LogP contribution in [0.4, 0.5) is 0 Å². The van der Waals surface area contributed by atoms with Crippen LogP contribution in [-0.4, -0.2) is 28.6 Å². The molecule has 0 saturated heterocycles. The maximum absolute atomic E-state index is 11.3. The largest absolute Gasteiger partial charge is 0.469 e. The van der Waals surface area contributed by atoms with Crippen molar-refractivity contribution in [1.29, 1.82) is 0 Å². The minimum absolute atomic E-state index is 0.0792. The summed E-state index contributed by atoms with van der Waals surface area (Å²) in [7, 11) is 3.38. The highest BCUT2D eigenvalue weighted by atomic mass is 32.2. The SMILES string of the molecule is COC(=O)CC1(CSCc2cnn(C)c2)CC1. The van der Waals surface area contributed by atoms with Crippen LogP contribution in [0, 0.1) is 5.41 Å². The molecule has 0 amide bonds. The van der Waals surface area contributed by atoms with Crippen LogP contribution in [-0.2, 0) is 22.3 Å². The first-order chi connectivity index (χ1) is 8.13. The first-order valence-corrected chi connectivity index (χ1v) is 6.91. The van der Waals surface area contributed by atoms with Gasteiger partial charge in [0.25, 0.3) is 0 Å². The number of hydrogen-bond acceptors (Lipinski definition) is 4. The molecule has 1 heterocycles. The molecule has 0 aromatic carbocycles. The molecule has 0 aliphatic heterocycles. The molecule has 0 spiro atoms. The third-order valence-corrected chi connectivity index (χ3v) is 4.49. The highest BCUT2D eigenvalue weighted by molar-refractivity contribution is 7.98. The highest BCUT2D eigenvalue weighted by Gasteiger charge is 2.44. The molecule has 1 aliphatic carbocycles. The lowest BCUT2D eigenvalue weighted by Gasteiger charge is -2.12. The number of carbonyl (C=O) groups excluding carboxylic acids is 1. The van der Waals surface area contributed by atoms with Crippen molar-refractivity contribution < 1.29 is 9.53 Å². The molecule has 5 heteroatoms. The Morgan fingerprint density at radius 1 is 1.65 bits per heavy atom. The summed E-state index contributed by atoms with van der Waals surface area (Å²) in [5.74, 6) is 1.93. The van der Waals surface area contributed by atoms with E-state index in [0.717, 1.165) is 24.3 Å². The van der Waals surface area contributed by atoms with Crippen LogP contribution < -0.4 is 0 Å². The summed E-state index contributed by atoms with van der Waals surface area (Å²) in [5, 5.41) is 4.14. The summed E-state index contributed by atoms with van der Waals surface area (Å²) in [6, 6.07) is 0. The van der Waals surface area contributed by atoms with Gasteiger partial charge in [0.2, 0.25) is 0 Å². The molecule has 0 bridgehead atoms. The lowest BCUT2D eigenvalue weighted by molar-refractivity contribution is -0.141. The molecule has 94 valence electrons. The van der Waals surface area contributed by atoms with Gasteiger partial charge in [-0.3, -0.25) is 9.48 Å². The van der Waals surface area contributed by atoms with Gasteiger partial charge in [0.05, 0.1) is 19.7 Å². The maximum Gasteiger partial charge on any atom is 0.306 e. The van der Waals surface area contributed by atoms with Crippen LogP contribution in [0.3, 0.4) is 0 Å². The van der Waals surface area contributed by atoms with Crippen molar-refractivity contribution in [2.24, 2.45) is 12.5 Å². The molecule has 1 aliphatic rings. The average molecular weight is 254 g/mol. The van der Waals surface area contributed by atoms with Gasteiger partial charge in [0.1, 0.15) is 0 Å². The molecule has 0 radical (unpaired) electrons. The number of methoxy groups -OCH3 is 1. The van der Waals surface area contributed by atoms with Gasteiger partial charge in [-0.1, -0.05) is 0 Å². The van der Waals surface area contributed by atoms with Crippen molar-refractivity contribution >= 4 is 17.7 Å². The molecule has 1 fully saturated rings. The van der Waals surface area contributed by atoms with Gasteiger partial charge in [-0.2, -0.15) is 16.9 Å². The monoisotopic (exact) mass is 254 g/mol. The van der Waals surface area contributed by atoms with E-state index in [2.05, 4.69) is 5.10 Å². The number of hydrogen-bond donors (Lipinski definition) is 0. The summed E-state index contributed by atoms with van der Waals surface area (Å²) >= 11 is 1.88. The third kappa shape index (κ3) is 3.49. The number of nitrogens with zero attached hydrogens (tertiary/aromatic N) is 2. The van der Waals surface area contributed by atoms with E-state index >= 15 is 0 Å². The number of carbonyl (C=O) groups is 1. The zero-order valence-corrected chi connectivity index (χ0v) is 11.1. The van der Waals surface area contributed by atoms with E-state index in [0.29, 0.717) is 6.42 Å². The van der Waals surface area contributed by atoms with Crippen LogP contribution in [0.2, 0.25) is 0 Å². The molecule has 0 N–H and O–H groups in total. The van der Waals surface area contributed by atoms with E-state index in [9.17, 15) is 4.79 Å². The Morgan fingerprint density at radius 3 is 2.94 bits per heavy atom. The Hall–Kier alpha value is -0.970. The number of esters is 1. The van der Waals surface area contributed by atoms with Crippen molar-refractivity contribution in [3.63, 3.8) is 0 Å². The van der Waals surface area contributed by atoms with Gasteiger partial charge in [0, 0.05) is 19.0 Å². The Morgan fingerprint density at radius 2 is 2.41 bits per heavy atom. The van der Waals surface area contributed by atoms with Gasteiger partial charge in [-0.15, -0.1) is 0 Å². The number of aryl methyl sites for hydroxylation is 1. The van der Waals surface area contributed by atoms with Crippen molar-refractivity contribution in [2.45, 2.75) is 25.0 Å². The molecule has 1 saturated carbocycles. The molecule has 2 rings (SSSR count). The average Bonchev–Trinajstić information content (AvgIpc) is 2.93. The van der Waals surface area contributed by atoms with Crippen molar-refractivity contribution in [2.75, 3.05) is 12.9 Å². The topological polar surface area (TPSA) is 44.1 Å². The van der Waals surface area contributed by atoms with Gasteiger partial charge >= 0.3 is 5.97 Å². The summed E-state index contributed by atoms with van der Waals surface area (Å²) in [6.45, 7) is 0. The fourth-order valence-corrected chi connectivity index (χ4v) is 3.17. The minimum Gasteiger partial charge on any atom is -0.469 e. The highest BCUT2D eigenvalue weighted by Crippen LogP contribution is 2.51. The molecule has 0 unspecified atom stereocenters. The van der Waals surface area contributed by atoms with E-state index in [4.69, 9.17) is 4.74 Å². The zero-order valence-electron chi connectivity index (χ0n) is 10.3. The predicted octanol–water partition coefficient (Wildman–Crippen LogP) is 2.00. The fourth-order valence-electron chi connectivity index (χ4n) is 1.86. The standard InChI is InChI=1S/C12H18N2O2S/c1-14-7-10(6-13-14)8-17-9-12(3-4-12)5-11(15)16-2/h6-7H,3-5,8-9H2,1-2H3. The first kappa shape index (κ1) is 12.5. The lowest BCUT2D eigenvalue weighted by atomic mass is 10.1. The Labute approximate surface area is 106 Å². The normalized spacial score (nSPS) is 16.8. The molecule has 1 aromatic heterocycles. The Bertz CT molecular complexity index is 399. The van der Waals surface area contributed by atoms with E-state index in [1.165, 1.54) is 12.7 Å². The zero-order chi connectivity index (χ0) is 12.3. The fraction of sp³-hybridized carbons (Fsp3) is 0.667. The summed E-state index contributed by atoms with van der Waals surface area (Å²) in [5.41, 5.74) is 1.46. The van der Waals surface area contributed by atoms with Crippen LogP contribution >= 0.6 is 11.8 Å². The van der Waals surface area contributed by atoms with Gasteiger partial charge < -0.3 is 4.74 Å². The second-order valence-electron chi connectivity index (χ2n) is 4.77. The smallest absolute Gasteiger partial charge is 0.306 e. The second-order valence-corrected chi connectivity index (χ2v) is 5.75. The Balaban J connectivity index is 1.73. The molecule has 1 aromatic rings. The summed E-state index contributed by atoms with van der Waals surface area (Å²) in [6.07, 6.45) is 6.81. The van der Waals surface area contributed by atoms with Crippen molar-refractivity contribution in [1.82, 2.24) is 9.78 Å². The van der Waals surface area contributed by atoms with Crippen LogP contribution in [0.1, 0.15) is 24.8 Å². The molecular weight excluding hydrogens is 236 g/mol. The first-order valence-electron chi connectivity index (χ1n) is 5.76. The Kier molecular flexibility index (Phi) is 3.76. The van der Waals surface area contributed by atoms with Crippen molar-refractivity contribution in [3.8, 4) is 0 Å². The van der Waals surface area contributed by atoms with Crippen LogP contribution in [0.5, 0.6) is 0 Å². The number of ether oxygens (including phenoxy) is 1. The van der Waals surface area contributed by atoms with Gasteiger partial charge in [0.15, 0.2) is 0 Å². The van der Waals surface area contributed by atoms with Gasteiger partial charge in [-0.05, 0) is 29.6 Å². The molecule has 0 atom stereocenters. The van der Waals surface area contributed by atoms with Gasteiger partial charge in [-0.25, -0.2) is 0 Å². The molecule has 17 heavy (non-hydrogen) atoms. The number of rotatable bonds is 6. The molecule has 4 nitrogen and oxygen atoms in total. The summed E-state index contributed by atoms with van der Waals surface area (Å²) in [4.78, 5) is 11.3. The van der Waals surface area contributed by atoms with Crippen LogP contribution in [0.25, 0.3) is 0 Å². The minimum atomic E-state index is -0.0792. The van der Waals surface area contributed by atoms with E-state index in [1.54, 1.807) is 0 Å². The number of thioether (sulfide) groups is 1. The maximum atomic E-state index is 11.3. The van der Waals surface area contributed by atoms with Crippen LogP contribution in [0.15, 0.2) is 12.4 Å². The number of aromatic nitrogens is 2. The quantitative estimate of drug-likeness (QED) is 0.728. The summed E-state index contributed by atoms with van der Waals surface area (Å²) < 4.78 is 6.55. The van der Waals surface area contributed by atoms with Crippen molar-refractivity contribution in [3.05, 3.63) is 18.0 Å². The third-order valence-electron chi connectivity index (χ3n) is 3.14. The second kappa shape index (κ2) is 5.12.